The van der Waals surface area contributed by atoms with Crippen LogP contribution in [0.4, 0.5) is 13.2 Å². The molecule has 1 aliphatic rings. The Kier molecular flexibility index (Phi) is 5.20. The summed E-state index contributed by atoms with van der Waals surface area (Å²) in [5, 5.41) is 8.64. The zero-order chi connectivity index (χ0) is 23.0. The number of aromatic nitrogens is 4. The first-order valence-electron chi connectivity index (χ1n) is 10.3. The zero-order valence-corrected chi connectivity index (χ0v) is 17.2. The van der Waals surface area contributed by atoms with Crippen LogP contribution in [0.1, 0.15) is 16.8 Å². The van der Waals surface area contributed by atoms with Crippen molar-refractivity contribution in [1.29, 1.82) is 0 Å². The number of carbonyl (C=O) groups excluding carboxylic acids is 1. The highest BCUT2D eigenvalue weighted by molar-refractivity contribution is 5.98. The highest BCUT2D eigenvalue weighted by Gasteiger charge is 2.47. The Morgan fingerprint density at radius 3 is 2.64 bits per heavy atom. The van der Waals surface area contributed by atoms with Crippen molar-refractivity contribution in [3.8, 4) is 11.6 Å². The Morgan fingerprint density at radius 2 is 1.82 bits per heavy atom. The molecular formula is C23H18F3N5O2. The van der Waals surface area contributed by atoms with Crippen LogP contribution < -0.4 is 4.74 Å². The van der Waals surface area contributed by atoms with E-state index < -0.39 is 30.2 Å². The number of benzene rings is 2. The monoisotopic (exact) mass is 453 g/mol. The van der Waals surface area contributed by atoms with Gasteiger partial charge in [-0.1, -0.05) is 24.3 Å². The topological polar surface area (TPSA) is 73.1 Å². The van der Waals surface area contributed by atoms with Gasteiger partial charge in [-0.05, 0) is 24.3 Å². The van der Waals surface area contributed by atoms with Gasteiger partial charge in [-0.2, -0.15) is 10.2 Å². The summed E-state index contributed by atoms with van der Waals surface area (Å²) in [6.45, 7) is -0.595. The summed E-state index contributed by atoms with van der Waals surface area (Å²) < 4.78 is 49.5. The lowest BCUT2D eigenvalue weighted by Gasteiger charge is -2.38. The first kappa shape index (κ1) is 20.9. The molecule has 1 saturated heterocycles. The quantitative estimate of drug-likeness (QED) is 0.469. The van der Waals surface area contributed by atoms with Gasteiger partial charge in [0.25, 0.3) is 11.8 Å². The first-order valence-corrected chi connectivity index (χ1v) is 10.3. The van der Waals surface area contributed by atoms with Crippen molar-refractivity contribution in [2.24, 2.45) is 0 Å². The standard InChI is InChI=1S/C23H18F3N5O2/c24-17-6-3-5-16(21(17)31-27-11-12-28-31)22(32)30-13-10-23(25,26)19(14-30)33-20-9-8-15-4-1-2-7-18(15)29-20/h1-9,11-12,19H,10,13-14H2/t19-/m0/s1. The molecule has 33 heavy (non-hydrogen) atoms. The molecule has 10 heteroatoms. The number of piperidine rings is 1. The summed E-state index contributed by atoms with van der Waals surface area (Å²) in [5.41, 5.74) is 0.440. The van der Waals surface area contributed by atoms with Gasteiger partial charge in [0.1, 0.15) is 5.69 Å². The summed E-state index contributed by atoms with van der Waals surface area (Å²) in [6, 6.07) is 14.5. The highest BCUT2D eigenvalue weighted by Crippen LogP contribution is 2.33. The van der Waals surface area contributed by atoms with Crippen molar-refractivity contribution in [1.82, 2.24) is 24.9 Å². The summed E-state index contributed by atoms with van der Waals surface area (Å²) in [4.78, 5) is 19.7. The van der Waals surface area contributed by atoms with Crippen molar-refractivity contribution in [2.75, 3.05) is 13.1 Å². The molecule has 4 aromatic rings. The van der Waals surface area contributed by atoms with E-state index in [2.05, 4.69) is 15.2 Å². The number of pyridine rings is 1. The minimum absolute atomic E-state index is 0.0287. The number of hydrogen-bond acceptors (Lipinski definition) is 5. The minimum atomic E-state index is -3.17. The second-order valence-corrected chi connectivity index (χ2v) is 7.67. The number of carbonyl (C=O) groups is 1. The molecule has 1 atom stereocenters. The Labute approximate surface area is 186 Å². The van der Waals surface area contributed by atoms with E-state index in [1.807, 2.05) is 12.1 Å². The number of likely N-dealkylation sites (tertiary alicyclic amines) is 1. The van der Waals surface area contributed by atoms with Gasteiger partial charge in [-0.15, -0.1) is 4.80 Å². The predicted octanol–water partition coefficient (Wildman–Crippen LogP) is 3.88. The van der Waals surface area contributed by atoms with Crippen LogP contribution >= 0.6 is 0 Å². The van der Waals surface area contributed by atoms with Crippen LogP contribution in [-0.4, -0.2) is 55.9 Å². The van der Waals surface area contributed by atoms with E-state index >= 15 is 0 Å². The summed E-state index contributed by atoms with van der Waals surface area (Å²) in [6.07, 6.45) is 0.496. The maximum absolute atomic E-state index is 14.7. The maximum atomic E-state index is 14.7. The van der Waals surface area contributed by atoms with Crippen LogP contribution in [-0.2, 0) is 0 Å². The van der Waals surface area contributed by atoms with E-state index in [0.29, 0.717) is 5.52 Å². The molecule has 168 valence electrons. The third-order valence-corrected chi connectivity index (χ3v) is 5.53. The molecule has 2 aromatic heterocycles. The van der Waals surface area contributed by atoms with Crippen LogP contribution in [0.2, 0.25) is 0 Å². The van der Waals surface area contributed by atoms with E-state index in [1.54, 1.807) is 18.2 Å². The van der Waals surface area contributed by atoms with Crippen LogP contribution in [0.3, 0.4) is 0 Å². The number of halogens is 3. The van der Waals surface area contributed by atoms with Crippen LogP contribution in [0.25, 0.3) is 16.6 Å². The molecule has 3 heterocycles. The number of alkyl halides is 2. The Bertz CT molecular complexity index is 1310. The molecule has 0 radical (unpaired) electrons. The number of rotatable bonds is 4. The van der Waals surface area contributed by atoms with E-state index in [4.69, 9.17) is 4.74 Å². The van der Waals surface area contributed by atoms with Crippen LogP contribution in [0, 0.1) is 5.82 Å². The van der Waals surface area contributed by atoms with E-state index in [-0.39, 0.29) is 30.2 Å². The molecule has 5 rings (SSSR count). The van der Waals surface area contributed by atoms with E-state index in [1.165, 1.54) is 41.6 Å². The lowest BCUT2D eigenvalue weighted by atomic mass is 10.0. The van der Waals surface area contributed by atoms with Gasteiger partial charge in [0.05, 0.1) is 30.0 Å². The highest BCUT2D eigenvalue weighted by atomic mass is 19.3. The fraction of sp³-hybridized carbons (Fsp3) is 0.217. The molecule has 0 unspecified atom stereocenters. The molecule has 0 aliphatic carbocycles. The molecule has 0 saturated carbocycles. The maximum Gasteiger partial charge on any atom is 0.287 e. The van der Waals surface area contributed by atoms with Crippen molar-refractivity contribution in [3.05, 3.63) is 78.4 Å². The molecule has 7 nitrogen and oxygen atoms in total. The Morgan fingerprint density at radius 1 is 1.03 bits per heavy atom. The number of hydrogen-bond donors (Lipinski definition) is 0. The summed E-state index contributed by atoms with van der Waals surface area (Å²) in [5.74, 6) is -4.44. The SMILES string of the molecule is O=C(c1cccc(F)c1-n1nccn1)N1CCC(F)(F)[C@@H](Oc2ccc3ccccc3n2)C1. The molecule has 2 aromatic carbocycles. The average Bonchev–Trinajstić information content (AvgIpc) is 3.34. The number of ether oxygens (including phenoxy) is 1. The van der Waals surface area contributed by atoms with Gasteiger partial charge < -0.3 is 9.64 Å². The molecule has 0 bridgehead atoms. The van der Waals surface area contributed by atoms with Gasteiger partial charge in [-0.25, -0.2) is 18.2 Å². The lowest BCUT2D eigenvalue weighted by molar-refractivity contribution is -0.131. The van der Waals surface area contributed by atoms with Crippen molar-refractivity contribution < 1.29 is 22.7 Å². The molecule has 1 aliphatic heterocycles. The van der Waals surface area contributed by atoms with Gasteiger partial charge in [0, 0.05) is 24.4 Å². The smallest absolute Gasteiger partial charge is 0.287 e. The summed E-state index contributed by atoms with van der Waals surface area (Å²) in [7, 11) is 0. The second kappa shape index (κ2) is 8.19. The van der Waals surface area contributed by atoms with Crippen LogP contribution in [0.5, 0.6) is 5.88 Å². The average molecular weight is 453 g/mol. The van der Waals surface area contributed by atoms with Gasteiger partial charge in [-0.3, -0.25) is 4.79 Å². The summed E-state index contributed by atoms with van der Waals surface area (Å²) >= 11 is 0. The van der Waals surface area contributed by atoms with E-state index in [9.17, 15) is 18.0 Å². The normalized spacial score (nSPS) is 17.8. The molecule has 0 N–H and O–H groups in total. The minimum Gasteiger partial charge on any atom is -0.466 e. The predicted molar refractivity (Wildman–Crippen MR) is 113 cm³/mol. The number of para-hydroxylation sites is 2. The fourth-order valence-corrected chi connectivity index (χ4v) is 3.83. The zero-order valence-electron chi connectivity index (χ0n) is 17.2. The van der Waals surface area contributed by atoms with E-state index in [0.717, 1.165) is 10.2 Å². The first-order chi connectivity index (χ1) is 15.9. The molecular weight excluding hydrogens is 435 g/mol. The number of nitrogens with zero attached hydrogens (tertiary/aromatic N) is 5. The second-order valence-electron chi connectivity index (χ2n) is 7.67. The molecule has 1 amide bonds. The molecule has 0 spiro atoms. The lowest BCUT2D eigenvalue weighted by Crippen LogP contribution is -2.55. The fourth-order valence-electron chi connectivity index (χ4n) is 3.83. The third kappa shape index (κ3) is 3.99. The van der Waals surface area contributed by atoms with Gasteiger partial charge >= 0.3 is 0 Å². The Hall–Kier alpha value is -3.95. The van der Waals surface area contributed by atoms with Crippen molar-refractivity contribution >= 4 is 16.8 Å². The van der Waals surface area contributed by atoms with Gasteiger partial charge in [0.15, 0.2) is 11.9 Å². The van der Waals surface area contributed by atoms with Gasteiger partial charge in [0.2, 0.25) is 5.88 Å². The van der Waals surface area contributed by atoms with Crippen molar-refractivity contribution in [3.63, 3.8) is 0 Å². The number of amides is 1. The largest absolute Gasteiger partial charge is 0.466 e. The number of fused-ring (bicyclic) bond motifs is 1. The Balaban J connectivity index is 1.42. The van der Waals surface area contributed by atoms with Crippen molar-refractivity contribution in [2.45, 2.75) is 18.4 Å². The third-order valence-electron chi connectivity index (χ3n) is 5.53. The molecule has 1 fully saturated rings. The van der Waals surface area contributed by atoms with Crippen LogP contribution in [0.15, 0.2) is 67.0 Å².